The minimum absolute atomic E-state index is 0.0125. The van der Waals surface area contributed by atoms with Crippen molar-refractivity contribution in [3.8, 4) is 11.5 Å². The Balaban J connectivity index is 1.42. The Morgan fingerprint density at radius 2 is 1.91 bits per heavy atom. The summed E-state index contributed by atoms with van der Waals surface area (Å²) in [5.74, 6) is -0.955. The van der Waals surface area contributed by atoms with Crippen LogP contribution in [-0.4, -0.2) is 62.9 Å². The van der Waals surface area contributed by atoms with Gasteiger partial charge in [0.25, 0.3) is 0 Å². The van der Waals surface area contributed by atoms with Gasteiger partial charge in [0.15, 0.2) is 11.5 Å². The molecule has 3 aliphatic rings. The first-order valence-corrected chi connectivity index (χ1v) is 10.7. The normalized spacial score (nSPS) is 21.9. The molecule has 1 aromatic rings. The first-order valence-electron chi connectivity index (χ1n) is 10.7. The Bertz CT molecular complexity index is 1020. The first kappa shape index (κ1) is 22.4. The highest BCUT2D eigenvalue weighted by atomic mass is 16.6. The van der Waals surface area contributed by atoms with Gasteiger partial charge >= 0.3 is 18.0 Å². The standard InChI is InChI=1S/C22H25N3O8/c1-3-30-21(28)19-12(2)23-22(29)24-15(19)11-33-20(27)13-8-18(26)25(10-13)14-4-5-16-17(9-14)32-7-6-31-16/h4-5,9,12-13H,3,6-8,10-11H2,1-2H3,(H2,23,24,29). The lowest BCUT2D eigenvalue weighted by Gasteiger charge is -2.26. The van der Waals surface area contributed by atoms with Crippen LogP contribution in [0.4, 0.5) is 10.5 Å². The Morgan fingerprint density at radius 1 is 1.15 bits per heavy atom. The van der Waals surface area contributed by atoms with Gasteiger partial charge in [0, 0.05) is 24.7 Å². The average molecular weight is 459 g/mol. The van der Waals surface area contributed by atoms with Gasteiger partial charge < -0.3 is 34.5 Å². The molecule has 3 heterocycles. The monoisotopic (exact) mass is 459 g/mol. The second-order valence-corrected chi connectivity index (χ2v) is 7.77. The summed E-state index contributed by atoms with van der Waals surface area (Å²) < 4.78 is 21.5. The molecular formula is C22H25N3O8. The predicted octanol–water partition coefficient (Wildman–Crippen LogP) is 0.872. The molecule has 0 bridgehead atoms. The van der Waals surface area contributed by atoms with Crippen molar-refractivity contribution in [3.63, 3.8) is 0 Å². The number of urea groups is 1. The van der Waals surface area contributed by atoms with Crippen LogP contribution in [0.2, 0.25) is 0 Å². The van der Waals surface area contributed by atoms with Crippen molar-refractivity contribution in [1.29, 1.82) is 0 Å². The molecule has 0 saturated carbocycles. The molecule has 1 saturated heterocycles. The molecule has 4 rings (SSSR count). The molecule has 0 radical (unpaired) electrons. The number of hydrogen-bond donors (Lipinski definition) is 2. The fourth-order valence-electron chi connectivity index (χ4n) is 3.97. The molecule has 3 amide bonds. The second-order valence-electron chi connectivity index (χ2n) is 7.77. The maximum atomic E-state index is 12.7. The van der Waals surface area contributed by atoms with Crippen molar-refractivity contribution in [1.82, 2.24) is 10.6 Å². The van der Waals surface area contributed by atoms with E-state index in [1.807, 2.05) is 0 Å². The number of anilines is 1. The Morgan fingerprint density at radius 3 is 2.67 bits per heavy atom. The van der Waals surface area contributed by atoms with E-state index in [0.29, 0.717) is 30.4 Å². The van der Waals surface area contributed by atoms with Gasteiger partial charge in [0.2, 0.25) is 5.91 Å². The van der Waals surface area contributed by atoms with Crippen LogP contribution in [0.1, 0.15) is 20.3 Å². The summed E-state index contributed by atoms with van der Waals surface area (Å²) in [4.78, 5) is 50.9. The SMILES string of the molecule is CCOC(=O)C1=C(COC(=O)C2CC(=O)N(c3ccc4c(c3)OCCO4)C2)NC(=O)NC1C. The second kappa shape index (κ2) is 9.39. The first-order chi connectivity index (χ1) is 15.9. The van der Waals surface area contributed by atoms with Crippen LogP contribution in [0.15, 0.2) is 29.5 Å². The van der Waals surface area contributed by atoms with Gasteiger partial charge in [-0.3, -0.25) is 9.59 Å². The summed E-state index contributed by atoms with van der Waals surface area (Å²) >= 11 is 0. The summed E-state index contributed by atoms with van der Waals surface area (Å²) in [5, 5.41) is 5.08. The fourth-order valence-corrected chi connectivity index (χ4v) is 3.97. The minimum atomic E-state index is -0.688. The van der Waals surface area contributed by atoms with Crippen molar-refractivity contribution < 1.29 is 38.1 Å². The van der Waals surface area contributed by atoms with Crippen LogP contribution >= 0.6 is 0 Å². The van der Waals surface area contributed by atoms with Crippen LogP contribution in [0.5, 0.6) is 11.5 Å². The summed E-state index contributed by atoms with van der Waals surface area (Å²) in [6, 6.07) is 4.06. The Labute approximate surface area is 190 Å². The van der Waals surface area contributed by atoms with Crippen molar-refractivity contribution in [2.45, 2.75) is 26.3 Å². The van der Waals surface area contributed by atoms with Crippen molar-refractivity contribution >= 4 is 29.6 Å². The summed E-state index contributed by atoms with van der Waals surface area (Å²) in [6.45, 7) is 4.18. The zero-order valence-electron chi connectivity index (χ0n) is 18.3. The third kappa shape index (κ3) is 4.71. The van der Waals surface area contributed by atoms with Crippen molar-refractivity contribution in [3.05, 3.63) is 29.5 Å². The zero-order chi connectivity index (χ0) is 23.5. The van der Waals surface area contributed by atoms with E-state index in [9.17, 15) is 19.2 Å². The van der Waals surface area contributed by atoms with Crippen molar-refractivity contribution in [2.75, 3.05) is 37.9 Å². The molecule has 1 aromatic carbocycles. The molecular weight excluding hydrogens is 434 g/mol. The number of ether oxygens (including phenoxy) is 4. The highest BCUT2D eigenvalue weighted by molar-refractivity contribution is 6.00. The van der Waals surface area contributed by atoms with Crippen LogP contribution in [0, 0.1) is 5.92 Å². The molecule has 33 heavy (non-hydrogen) atoms. The molecule has 2 N–H and O–H groups in total. The number of fused-ring (bicyclic) bond motifs is 1. The van der Waals surface area contributed by atoms with E-state index in [0.717, 1.165) is 0 Å². The largest absolute Gasteiger partial charge is 0.486 e. The van der Waals surface area contributed by atoms with Crippen LogP contribution in [-0.2, 0) is 23.9 Å². The van der Waals surface area contributed by atoms with Crippen molar-refractivity contribution in [2.24, 2.45) is 5.92 Å². The van der Waals surface area contributed by atoms with E-state index in [-0.39, 0.29) is 43.4 Å². The van der Waals surface area contributed by atoms with E-state index in [4.69, 9.17) is 18.9 Å². The number of amides is 3. The number of esters is 2. The molecule has 0 spiro atoms. The van der Waals surface area contributed by atoms with Crippen LogP contribution in [0.3, 0.4) is 0 Å². The van der Waals surface area contributed by atoms with E-state index < -0.39 is 29.9 Å². The van der Waals surface area contributed by atoms with Gasteiger partial charge in [-0.05, 0) is 26.0 Å². The molecule has 11 heteroatoms. The molecule has 3 aliphatic heterocycles. The number of carbonyl (C=O) groups excluding carboxylic acids is 4. The van der Waals surface area contributed by atoms with Crippen LogP contribution in [0.25, 0.3) is 0 Å². The van der Waals surface area contributed by atoms with E-state index in [2.05, 4.69) is 10.6 Å². The lowest BCUT2D eigenvalue weighted by molar-refractivity contribution is -0.147. The maximum Gasteiger partial charge on any atom is 0.338 e. The number of rotatable bonds is 6. The average Bonchev–Trinajstić information content (AvgIpc) is 3.18. The van der Waals surface area contributed by atoms with Gasteiger partial charge in [-0.2, -0.15) is 0 Å². The van der Waals surface area contributed by atoms with E-state index >= 15 is 0 Å². The van der Waals surface area contributed by atoms with Gasteiger partial charge in [-0.15, -0.1) is 0 Å². The Kier molecular flexibility index (Phi) is 6.38. The topological polar surface area (TPSA) is 132 Å². The minimum Gasteiger partial charge on any atom is -0.486 e. The molecule has 1 fully saturated rings. The van der Waals surface area contributed by atoms with Gasteiger partial charge in [0.1, 0.15) is 19.8 Å². The molecule has 2 atom stereocenters. The summed E-state index contributed by atoms with van der Waals surface area (Å²) in [6.07, 6.45) is -0.0125. The highest BCUT2D eigenvalue weighted by Gasteiger charge is 2.37. The molecule has 2 unspecified atom stereocenters. The molecule has 176 valence electrons. The highest BCUT2D eigenvalue weighted by Crippen LogP contribution is 2.36. The van der Waals surface area contributed by atoms with Gasteiger partial charge in [0.05, 0.1) is 29.8 Å². The maximum absolute atomic E-state index is 12.7. The number of carbonyl (C=O) groups is 4. The number of hydrogen-bond acceptors (Lipinski definition) is 8. The van der Waals surface area contributed by atoms with Gasteiger partial charge in [-0.1, -0.05) is 0 Å². The van der Waals surface area contributed by atoms with E-state index in [1.54, 1.807) is 32.0 Å². The van der Waals surface area contributed by atoms with Gasteiger partial charge in [-0.25, -0.2) is 9.59 Å². The molecule has 0 aliphatic carbocycles. The third-order valence-electron chi connectivity index (χ3n) is 5.52. The third-order valence-corrected chi connectivity index (χ3v) is 5.52. The predicted molar refractivity (Wildman–Crippen MR) is 114 cm³/mol. The zero-order valence-corrected chi connectivity index (χ0v) is 18.3. The number of benzene rings is 1. The quantitative estimate of drug-likeness (QED) is 0.599. The van der Waals surface area contributed by atoms with E-state index in [1.165, 1.54) is 4.90 Å². The summed E-state index contributed by atoms with van der Waals surface area (Å²) in [5.41, 5.74) is 0.946. The lowest BCUT2D eigenvalue weighted by atomic mass is 10.0. The van der Waals surface area contributed by atoms with Crippen LogP contribution < -0.4 is 25.0 Å². The smallest absolute Gasteiger partial charge is 0.338 e. The number of nitrogens with zero attached hydrogens (tertiary/aromatic N) is 1. The molecule has 11 nitrogen and oxygen atoms in total. The fraction of sp³-hybridized carbons (Fsp3) is 0.455. The molecule has 0 aromatic heterocycles. The lowest BCUT2D eigenvalue weighted by Crippen LogP contribution is -2.50. The summed E-state index contributed by atoms with van der Waals surface area (Å²) in [7, 11) is 0. The number of nitrogens with one attached hydrogen (secondary N) is 2. The Hall–Kier alpha value is -3.76.